The molecule has 1 aromatic rings. The molecule has 0 amide bonds. The Labute approximate surface area is 126 Å². The summed E-state index contributed by atoms with van der Waals surface area (Å²) in [7, 11) is 1.47. The van der Waals surface area contributed by atoms with Crippen molar-refractivity contribution < 1.29 is 13.9 Å². The molecule has 1 aliphatic rings. The number of hydrogen-bond donors (Lipinski definition) is 1. The summed E-state index contributed by atoms with van der Waals surface area (Å²) in [6.07, 6.45) is 0.198. The first-order chi connectivity index (χ1) is 10.1. The molecule has 2 unspecified atom stereocenters. The predicted molar refractivity (Wildman–Crippen MR) is 81.2 cm³/mol. The zero-order valence-corrected chi connectivity index (χ0v) is 13.1. The first-order valence-electron chi connectivity index (χ1n) is 7.54. The van der Waals surface area contributed by atoms with E-state index in [1.54, 1.807) is 6.07 Å². The average molecular weight is 296 g/mol. The zero-order valence-electron chi connectivity index (χ0n) is 13.1. The number of morpholine rings is 1. The lowest BCUT2D eigenvalue weighted by Crippen LogP contribution is -2.46. The van der Waals surface area contributed by atoms with Gasteiger partial charge in [-0.25, -0.2) is 4.39 Å². The fourth-order valence-electron chi connectivity index (χ4n) is 2.57. The molecule has 0 bridgehead atoms. The second kappa shape index (κ2) is 7.73. The van der Waals surface area contributed by atoms with E-state index in [1.165, 1.54) is 13.2 Å². The third-order valence-electron chi connectivity index (χ3n) is 4.00. The third-order valence-corrected chi connectivity index (χ3v) is 4.00. The summed E-state index contributed by atoms with van der Waals surface area (Å²) < 4.78 is 24.4. The lowest BCUT2D eigenvalue weighted by Gasteiger charge is -2.32. The maximum absolute atomic E-state index is 13.7. The normalized spacial score (nSPS) is 21.2. The van der Waals surface area contributed by atoms with Crippen molar-refractivity contribution in [2.24, 2.45) is 0 Å². The summed E-state index contributed by atoms with van der Waals surface area (Å²) in [5.74, 6) is -0.0464. The van der Waals surface area contributed by atoms with E-state index in [1.807, 2.05) is 13.0 Å². The van der Waals surface area contributed by atoms with Gasteiger partial charge in [0.1, 0.15) is 0 Å². The number of nitrogens with zero attached hydrogens (tertiary/aromatic N) is 1. The number of methoxy groups -OCH3 is 1. The van der Waals surface area contributed by atoms with E-state index in [9.17, 15) is 4.39 Å². The van der Waals surface area contributed by atoms with E-state index in [0.29, 0.717) is 0 Å². The predicted octanol–water partition coefficient (Wildman–Crippen LogP) is 2.21. The van der Waals surface area contributed by atoms with Crippen molar-refractivity contribution in [3.63, 3.8) is 0 Å². The third kappa shape index (κ3) is 4.40. The van der Waals surface area contributed by atoms with Crippen LogP contribution in [0.1, 0.15) is 25.5 Å². The van der Waals surface area contributed by atoms with E-state index < -0.39 is 0 Å². The number of hydrogen-bond acceptors (Lipinski definition) is 4. The summed E-state index contributed by atoms with van der Waals surface area (Å²) in [5.41, 5.74) is 0.913. The van der Waals surface area contributed by atoms with Gasteiger partial charge in [0.15, 0.2) is 11.6 Å². The van der Waals surface area contributed by atoms with Gasteiger partial charge in [0, 0.05) is 25.7 Å². The Morgan fingerprint density at radius 3 is 3.00 bits per heavy atom. The van der Waals surface area contributed by atoms with Crippen molar-refractivity contribution in [1.29, 1.82) is 0 Å². The van der Waals surface area contributed by atoms with Gasteiger partial charge in [-0.15, -0.1) is 0 Å². The molecule has 1 N–H and O–H groups in total. The van der Waals surface area contributed by atoms with Crippen molar-refractivity contribution in [3.8, 4) is 5.75 Å². The topological polar surface area (TPSA) is 33.7 Å². The molecule has 0 radical (unpaired) electrons. The van der Waals surface area contributed by atoms with Crippen molar-refractivity contribution in [3.05, 3.63) is 29.6 Å². The highest BCUT2D eigenvalue weighted by Gasteiger charge is 2.20. The molecule has 1 aromatic carbocycles. The van der Waals surface area contributed by atoms with E-state index >= 15 is 0 Å². The largest absolute Gasteiger partial charge is 0.494 e. The minimum atomic E-state index is -0.324. The van der Waals surface area contributed by atoms with Crippen LogP contribution >= 0.6 is 0 Å². The van der Waals surface area contributed by atoms with Gasteiger partial charge in [-0.1, -0.05) is 13.0 Å². The van der Waals surface area contributed by atoms with Crippen LogP contribution in [0.5, 0.6) is 5.75 Å². The molecule has 0 spiro atoms. The molecule has 5 heteroatoms. The Morgan fingerprint density at radius 1 is 1.52 bits per heavy atom. The van der Waals surface area contributed by atoms with Gasteiger partial charge in [0.2, 0.25) is 0 Å². The maximum Gasteiger partial charge on any atom is 0.165 e. The molecule has 4 nitrogen and oxygen atoms in total. The van der Waals surface area contributed by atoms with Crippen LogP contribution in [0.15, 0.2) is 18.2 Å². The molecule has 118 valence electrons. The summed E-state index contributed by atoms with van der Waals surface area (Å²) in [4.78, 5) is 2.38. The Morgan fingerprint density at radius 2 is 2.33 bits per heavy atom. The number of likely N-dealkylation sites (N-methyl/N-ethyl adjacent to an activating group) is 1. The average Bonchev–Trinajstić information content (AvgIpc) is 2.52. The van der Waals surface area contributed by atoms with Crippen LogP contribution in [0.4, 0.5) is 4.39 Å². The lowest BCUT2D eigenvalue weighted by atomic mass is 10.1. The molecule has 21 heavy (non-hydrogen) atoms. The molecule has 2 rings (SSSR count). The molecule has 0 aromatic heterocycles. The molecule has 1 saturated heterocycles. The quantitative estimate of drug-likeness (QED) is 0.872. The van der Waals surface area contributed by atoms with Crippen LogP contribution in [0.2, 0.25) is 0 Å². The minimum absolute atomic E-state index is 0.0750. The van der Waals surface area contributed by atoms with E-state index in [0.717, 1.165) is 38.3 Å². The van der Waals surface area contributed by atoms with E-state index in [4.69, 9.17) is 9.47 Å². The first-order valence-corrected chi connectivity index (χ1v) is 7.54. The van der Waals surface area contributed by atoms with Crippen LogP contribution in [0.3, 0.4) is 0 Å². The molecule has 0 saturated carbocycles. The highest BCUT2D eigenvalue weighted by atomic mass is 19.1. The Hall–Kier alpha value is -1.17. The molecular weight excluding hydrogens is 271 g/mol. The summed E-state index contributed by atoms with van der Waals surface area (Å²) in [6, 6.07) is 5.15. The molecule has 0 aliphatic carbocycles. The van der Waals surface area contributed by atoms with Crippen LogP contribution in [0, 0.1) is 5.82 Å². The van der Waals surface area contributed by atoms with Gasteiger partial charge < -0.3 is 14.8 Å². The smallest absolute Gasteiger partial charge is 0.165 e. The highest BCUT2D eigenvalue weighted by molar-refractivity contribution is 5.30. The SMILES string of the molecule is CCN1CCOC(CNC(C)c2ccc(OC)c(F)c2)C1. The molecule has 2 atom stereocenters. The van der Waals surface area contributed by atoms with Gasteiger partial charge in [-0.05, 0) is 31.2 Å². The van der Waals surface area contributed by atoms with E-state index in [-0.39, 0.29) is 23.7 Å². The maximum atomic E-state index is 13.7. The Bertz CT molecular complexity index is 456. The highest BCUT2D eigenvalue weighted by Crippen LogP contribution is 2.21. The van der Waals surface area contributed by atoms with Gasteiger partial charge in [0.25, 0.3) is 0 Å². The molecular formula is C16H25FN2O2. The summed E-state index contributed by atoms with van der Waals surface area (Å²) in [6.45, 7) is 8.76. The van der Waals surface area contributed by atoms with Crippen molar-refractivity contribution in [1.82, 2.24) is 10.2 Å². The second-order valence-electron chi connectivity index (χ2n) is 5.41. The van der Waals surface area contributed by atoms with Crippen LogP contribution in [0.25, 0.3) is 0 Å². The number of rotatable bonds is 6. The monoisotopic (exact) mass is 296 g/mol. The summed E-state index contributed by atoms with van der Waals surface area (Å²) >= 11 is 0. The number of benzene rings is 1. The zero-order chi connectivity index (χ0) is 15.2. The minimum Gasteiger partial charge on any atom is -0.494 e. The van der Waals surface area contributed by atoms with Gasteiger partial charge in [0.05, 0.1) is 19.8 Å². The van der Waals surface area contributed by atoms with Gasteiger partial charge in [-0.2, -0.15) is 0 Å². The van der Waals surface area contributed by atoms with Gasteiger partial charge in [-0.3, -0.25) is 4.90 Å². The Kier molecular flexibility index (Phi) is 5.96. The lowest BCUT2D eigenvalue weighted by molar-refractivity contribution is -0.0262. The first kappa shape index (κ1) is 16.2. The van der Waals surface area contributed by atoms with E-state index in [2.05, 4.69) is 17.1 Å². The fourth-order valence-corrected chi connectivity index (χ4v) is 2.57. The van der Waals surface area contributed by atoms with Crippen molar-refractivity contribution in [2.75, 3.05) is 39.9 Å². The molecule has 1 aliphatic heterocycles. The number of nitrogens with one attached hydrogen (secondary N) is 1. The number of halogens is 1. The van der Waals surface area contributed by atoms with Crippen LogP contribution < -0.4 is 10.1 Å². The van der Waals surface area contributed by atoms with Crippen LogP contribution in [-0.2, 0) is 4.74 Å². The molecule has 1 heterocycles. The molecule has 1 fully saturated rings. The second-order valence-corrected chi connectivity index (χ2v) is 5.41. The van der Waals surface area contributed by atoms with Gasteiger partial charge >= 0.3 is 0 Å². The standard InChI is InChI=1S/C16H25FN2O2/c1-4-19-7-8-21-14(11-19)10-18-12(2)13-5-6-16(20-3)15(17)9-13/h5-6,9,12,14,18H,4,7-8,10-11H2,1-3H3. The van der Waals surface area contributed by atoms with Crippen molar-refractivity contribution in [2.45, 2.75) is 26.0 Å². The number of ether oxygens (including phenoxy) is 2. The Balaban J connectivity index is 1.86. The van der Waals surface area contributed by atoms with Crippen LogP contribution in [-0.4, -0.2) is 50.9 Å². The van der Waals surface area contributed by atoms with Crippen molar-refractivity contribution >= 4 is 0 Å². The summed E-state index contributed by atoms with van der Waals surface area (Å²) in [5, 5.41) is 3.42. The fraction of sp³-hybridized carbons (Fsp3) is 0.625.